The molecule has 260 valence electrons. The number of hydrogen-bond acceptors (Lipinski definition) is 3. The van der Waals surface area contributed by atoms with Gasteiger partial charge in [-0.15, -0.1) is 0 Å². The summed E-state index contributed by atoms with van der Waals surface area (Å²) in [7, 11) is 0. The molecule has 1 aliphatic carbocycles. The number of nitrogens with zero attached hydrogens (tertiary/aromatic N) is 2. The summed E-state index contributed by atoms with van der Waals surface area (Å²) in [6, 6.07) is 69.5. The first kappa shape index (κ1) is 31.0. The lowest BCUT2D eigenvalue weighted by Crippen LogP contribution is -2.32. The van der Waals surface area contributed by atoms with Crippen molar-refractivity contribution in [3.63, 3.8) is 0 Å². The van der Waals surface area contributed by atoms with Crippen molar-refractivity contribution in [2.24, 2.45) is 0 Å². The number of ether oxygens (including phenoxy) is 1. The summed E-state index contributed by atoms with van der Waals surface area (Å²) in [6.07, 6.45) is 0. The maximum Gasteiger partial charge on any atom is 0.160 e. The summed E-state index contributed by atoms with van der Waals surface area (Å²) < 4.78 is 7.17. The molecule has 3 heteroatoms. The second-order valence-corrected chi connectivity index (χ2v) is 14.8. The molecule has 1 spiro atoms. The predicted octanol–water partition coefficient (Wildman–Crippen LogP) is 13.4. The minimum absolute atomic E-state index is 0.641. The highest BCUT2D eigenvalue weighted by atomic mass is 16.5. The quantitative estimate of drug-likeness (QED) is 0.183. The third-order valence-corrected chi connectivity index (χ3v) is 11.9. The molecule has 0 N–H and O–H groups in total. The van der Waals surface area contributed by atoms with Crippen molar-refractivity contribution in [2.45, 2.75) is 5.41 Å². The Hall–Kier alpha value is -7.36. The van der Waals surface area contributed by atoms with Crippen LogP contribution in [0.1, 0.15) is 22.3 Å². The maximum absolute atomic E-state index is 7.17. The van der Waals surface area contributed by atoms with Crippen molar-refractivity contribution >= 4 is 32.4 Å². The molecule has 3 nitrogen and oxygen atoms in total. The van der Waals surface area contributed by atoms with Crippen molar-refractivity contribution in [2.75, 3.05) is 0 Å². The van der Waals surface area contributed by atoms with Crippen molar-refractivity contribution < 1.29 is 4.74 Å². The van der Waals surface area contributed by atoms with Crippen LogP contribution in [0, 0.1) is 0 Å². The highest BCUT2D eigenvalue weighted by molar-refractivity contribution is 6.01. The average Bonchev–Trinajstić information content (AvgIpc) is 3.56. The standard InChI is InChI=1S/C53H32N2O/c1-2-12-33(13-3-1)34-22-24-37(25-23-34)52-54-48-21-11-9-19-43(48)49(55-52)38-26-29-42-41-18-8-10-20-44(41)53(47(42)32-38)45-30-27-35-14-4-6-16-39(35)50(45)56-51-40-17-7-5-15-36(40)28-31-46(51)53/h1-32H. The van der Waals surface area contributed by atoms with E-state index in [1.165, 1.54) is 27.8 Å². The first-order chi connectivity index (χ1) is 27.8. The molecule has 2 aliphatic rings. The Morgan fingerprint density at radius 2 is 0.911 bits per heavy atom. The fourth-order valence-corrected chi connectivity index (χ4v) is 9.42. The molecule has 0 amide bonds. The molecule has 0 unspecified atom stereocenters. The van der Waals surface area contributed by atoms with E-state index in [0.717, 1.165) is 77.5 Å². The van der Waals surface area contributed by atoms with Gasteiger partial charge in [-0.1, -0.05) is 182 Å². The van der Waals surface area contributed by atoms with E-state index in [4.69, 9.17) is 14.7 Å². The van der Waals surface area contributed by atoms with Crippen LogP contribution in [0.5, 0.6) is 11.5 Å². The van der Waals surface area contributed by atoms with Crippen molar-refractivity contribution in [1.82, 2.24) is 9.97 Å². The Morgan fingerprint density at radius 1 is 0.357 bits per heavy atom. The van der Waals surface area contributed by atoms with Crippen LogP contribution >= 0.6 is 0 Å². The fraction of sp³-hybridized carbons (Fsp3) is 0.0189. The van der Waals surface area contributed by atoms with Gasteiger partial charge in [-0.05, 0) is 56.3 Å². The topological polar surface area (TPSA) is 35.0 Å². The van der Waals surface area contributed by atoms with Gasteiger partial charge in [0.05, 0.1) is 16.6 Å². The molecule has 56 heavy (non-hydrogen) atoms. The molecule has 0 atom stereocenters. The van der Waals surface area contributed by atoms with Gasteiger partial charge in [-0.3, -0.25) is 0 Å². The summed E-state index contributed by atoms with van der Waals surface area (Å²) in [4.78, 5) is 10.5. The van der Waals surface area contributed by atoms with E-state index in [-0.39, 0.29) is 0 Å². The summed E-state index contributed by atoms with van der Waals surface area (Å²) in [5.41, 5.74) is 12.8. The van der Waals surface area contributed by atoms with E-state index >= 15 is 0 Å². The van der Waals surface area contributed by atoms with Gasteiger partial charge in [-0.2, -0.15) is 0 Å². The average molecular weight is 713 g/mol. The molecule has 0 bridgehead atoms. The predicted molar refractivity (Wildman–Crippen MR) is 228 cm³/mol. The minimum Gasteiger partial charge on any atom is -0.455 e. The van der Waals surface area contributed by atoms with Crippen molar-refractivity contribution in [1.29, 1.82) is 0 Å². The van der Waals surface area contributed by atoms with Crippen LogP contribution in [-0.4, -0.2) is 9.97 Å². The Balaban J connectivity index is 1.13. The van der Waals surface area contributed by atoms with Gasteiger partial charge in [0.2, 0.25) is 0 Å². The molecule has 0 saturated heterocycles. The van der Waals surface area contributed by atoms with Crippen LogP contribution in [0.4, 0.5) is 0 Å². The number of para-hydroxylation sites is 1. The molecule has 0 fully saturated rings. The lowest BCUT2D eigenvalue weighted by atomic mass is 9.65. The Kier molecular flexibility index (Phi) is 6.55. The Morgan fingerprint density at radius 3 is 1.64 bits per heavy atom. The van der Waals surface area contributed by atoms with Gasteiger partial charge in [0.15, 0.2) is 5.82 Å². The molecule has 0 radical (unpaired) electrons. The van der Waals surface area contributed by atoms with Crippen LogP contribution in [-0.2, 0) is 5.41 Å². The van der Waals surface area contributed by atoms with Crippen LogP contribution in [0.25, 0.3) is 77.3 Å². The molecule has 2 heterocycles. The zero-order valence-electron chi connectivity index (χ0n) is 30.3. The number of hydrogen-bond donors (Lipinski definition) is 0. The number of fused-ring (bicyclic) bond motifs is 14. The van der Waals surface area contributed by atoms with E-state index < -0.39 is 5.41 Å². The van der Waals surface area contributed by atoms with E-state index in [2.05, 4.69) is 188 Å². The molecule has 1 aromatic heterocycles. The van der Waals surface area contributed by atoms with E-state index in [9.17, 15) is 0 Å². The van der Waals surface area contributed by atoms with Crippen molar-refractivity contribution in [3.05, 3.63) is 216 Å². The van der Waals surface area contributed by atoms with Crippen LogP contribution < -0.4 is 4.74 Å². The minimum atomic E-state index is -0.641. The third-order valence-electron chi connectivity index (χ3n) is 11.9. The zero-order chi connectivity index (χ0) is 36.8. The smallest absolute Gasteiger partial charge is 0.160 e. The van der Waals surface area contributed by atoms with Crippen LogP contribution in [0.15, 0.2) is 194 Å². The monoisotopic (exact) mass is 712 g/mol. The van der Waals surface area contributed by atoms with Gasteiger partial charge in [0.25, 0.3) is 0 Å². The molecule has 10 aromatic rings. The normalized spacial score (nSPS) is 13.3. The second-order valence-electron chi connectivity index (χ2n) is 14.8. The Labute approximate surface area is 324 Å². The van der Waals surface area contributed by atoms with E-state index in [1.807, 2.05) is 6.07 Å². The molecule has 0 saturated carbocycles. The first-order valence-corrected chi connectivity index (χ1v) is 19.2. The van der Waals surface area contributed by atoms with Gasteiger partial charge in [0, 0.05) is 38.4 Å². The number of aromatic nitrogens is 2. The molecule has 1 aliphatic heterocycles. The first-order valence-electron chi connectivity index (χ1n) is 19.2. The molecule has 12 rings (SSSR count). The van der Waals surface area contributed by atoms with Crippen molar-refractivity contribution in [3.8, 4) is 56.4 Å². The highest BCUT2D eigenvalue weighted by Crippen LogP contribution is 2.64. The summed E-state index contributed by atoms with van der Waals surface area (Å²) in [6.45, 7) is 0. The molecular weight excluding hydrogens is 681 g/mol. The summed E-state index contributed by atoms with van der Waals surface area (Å²) in [5, 5.41) is 5.54. The SMILES string of the molecule is c1ccc(-c2ccc(-c3nc(-c4ccc5c(c4)C4(c6ccccc6-5)c5ccc6ccccc6c5Oc5c4ccc4ccccc54)c4ccccc4n3)cc2)cc1. The highest BCUT2D eigenvalue weighted by Gasteiger charge is 2.52. The maximum atomic E-state index is 7.17. The second kappa shape index (κ2) is 11.8. The lowest BCUT2D eigenvalue weighted by molar-refractivity contribution is 0.447. The van der Waals surface area contributed by atoms with Crippen LogP contribution in [0.2, 0.25) is 0 Å². The summed E-state index contributed by atoms with van der Waals surface area (Å²) in [5.74, 6) is 2.53. The zero-order valence-corrected chi connectivity index (χ0v) is 30.3. The molecular formula is C53H32N2O. The van der Waals surface area contributed by atoms with E-state index in [0.29, 0.717) is 5.82 Å². The van der Waals surface area contributed by atoms with Gasteiger partial charge in [0.1, 0.15) is 11.5 Å². The lowest BCUT2D eigenvalue weighted by Gasteiger charge is -2.40. The summed E-state index contributed by atoms with van der Waals surface area (Å²) >= 11 is 0. The fourth-order valence-electron chi connectivity index (χ4n) is 9.42. The third kappa shape index (κ3) is 4.34. The van der Waals surface area contributed by atoms with Gasteiger partial charge >= 0.3 is 0 Å². The Bertz CT molecular complexity index is 3140. The van der Waals surface area contributed by atoms with Gasteiger partial charge < -0.3 is 4.74 Å². The number of benzene rings is 9. The van der Waals surface area contributed by atoms with Crippen LogP contribution in [0.3, 0.4) is 0 Å². The molecule has 9 aromatic carbocycles. The largest absolute Gasteiger partial charge is 0.455 e. The van der Waals surface area contributed by atoms with E-state index in [1.54, 1.807) is 0 Å². The van der Waals surface area contributed by atoms with Gasteiger partial charge in [-0.25, -0.2) is 9.97 Å². The number of rotatable bonds is 3.